The molecule has 1 aromatic rings. The summed E-state index contributed by atoms with van der Waals surface area (Å²) in [7, 11) is 0. The number of allylic oxidation sites excluding steroid dienone is 4. The van der Waals surface area contributed by atoms with Crippen LogP contribution in [-0.4, -0.2) is 0 Å². The Labute approximate surface area is 99.7 Å². The molecule has 0 saturated carbocycles. The Bertz CT molecular complexity index is 419. The molecule has 0 heteroatoms. The molecule has 0 radical (unpaired) electrons. The second-order valence-electron chi connectivity index (χ2n) is 3.96. The Balaban J connectivity index is 0.000000606. The molecule has 0 aromatic heterocycles. The first-order chi connectivity index (χ1) is 7.74. The SMILES string of the molecule is C/C=C(/C)C1=C(C)Cc2ccccc21.CC. The van der Waals surface area contributed by atoms with Crippen molar-refractivity contribution in [3.8, 4) is 0 Å². The largest absolute Gasteiger partial charge is 0.0841 e. The van der Waals surface area contributed by atoms with Gasteiger partial charge in [-0.2, -0.15) is 0 Å². The van der Waals surface area contributed by atoms with Crippen molar-refractivity contribution in [1.82, 2.24) is 0 Å². The third-order valence-corrected chi connectivity index (χ3v) is 3.00. The maximum Gasteiger partial charge on any atom is -0.00544 e. The molecule has 0 bridgehead atoms. The third kappa shape index (κ3) is 2.27. The van der Waals surface area contributed by atoms with Crippen molar-refractivity contribution in [2.24, 2.45) is 0 Å². The monoisotopic (exact) mass is 214 g/mol. The zero-order valence-electron chi connectivity index (χ0n) is 11.1. The lowest BCUT2D eigenvalue weighted by atomic mass is 9.99. The number of rotatable bonds is 1. The van der Waals surface area contributed by atoms with Crippen LogP contribution in [0, 0.1) is 0 Å². The van der Waals surface area contributed by atoms with Gasteiger partial charge in [0.05, 0.1) is 0 Å². The van der Waals surface area contributed by atoms with Crippen LogP contribution in [-0.2, 0) is 6.42 Å². The van der Waals surface area contributed by atoms with Crippen LogP contribution >= 0.6 is 0 Å². The van der Waals surface area contributed by atoms with Crippen LogP contribution in [0.25, 0.3) is 5.57 Å². The van der Waals surface area contributed by atoms with E-state index >= 15 is 0 Å². The van der Waals surface area contributed by atoms with Gasteiger partial charge in [0.15, 0.2) is 0 Å². The molecule has 0 nitrogen and oxygen atoms in total. The number of benzene rings is 1. The van der Waals surface area contributed by atoms with Gasteiger partial charge in [-0.3, -0.25) is 0 Å². The van der Waals surface area contributed by atoms with E-state index < -0.39 is 0 Å². The van der Waals surface area contributed by atoms with Gasteiger partial charge in [0, 0.05) is 0 Å². The number of hydrogen-bond acceptors (Lipinski definition) is 0. The predicted molar refractivity (Wildman–Crippen MR) is 73.5 cm³/mol. The highest BCUT2D eigenvalue weighted by Crippen LogP contribution is 2.36. The highest BCUT2D eigenvalue weighted by molar-refractivity contribution is 5.85. The Morgan fingerprint density at radius 1 is 1.19 bits per heavy atom. The minimum Gasteiger partial charge on any atom is -0.0841 e. The minimum atomic E-state index is 1.12. The second kappa shape index (κ2) is 5.69. The van der Waals surface area contributed by atoms with Gasteiger partial charge in [0.1, 0.15) is 0 Å². The topological polar surface area (TPSA) is 0 Å². The van der Waals surface area contributed by atoms with Crippen LogP contribution in [0.3, 0.4) is 0 Å². The summed E-state index contributed by atoms with van der Waals surface area (Å²) >= 11 is 0. The summed E-state index contributed by atoms with van der Waals surface area (Å²) in [6.07, 6.45) is 3.32. The quantitative estimate of drug-likeness (QED) is 0.616. The van der Waals surface area contributed by atoms with Crippen molar-refractivity contribution in [3.05, 3.63) is 52.6 Å². The molecule has 0 amide bonds. The van der Waals surface area contributed by atoms with E-state index in [4.69, 9.17) is 0 Å². The van der Waals surface area contributed by atoms with Crippen molar-refractivity contribution in [1.29, 1.82) is 0 Å². The molecule has 0 aliphatic heterocycles. The molecule has 0 atom stereocenters. The van der Waals surface area contributed by atoms with Gasteiger partial charge in [-0.25, -0.2) is 0 Å². The molecular weight excluding hydrogens is 192 g/mol. The molecule has 0 saturated heterocycles. The van der Waals surface area contributed by atoms with Crippen LogP contribution in [0.1, 0.15) is 45.7 Å². The zero-order chi connectivity index (χ0) is 12.1. The Kier molecular flexibility index (Phi) is 4.54. The zero-order valence-corrected chi connectivity index (χ0v) is 11.1. The minimum absolute atomic E-state index is 1.12. The van der Waals surface area contributed by atoms with Gasteiger partial charge >= 0.3 is 0 Å². The lowest BCUT2D eigenvalue weighted by Crippen LogP contribution is -1.85. The first kappa shape index (κ1) is 12.8. The van der Waals surface area contributed by atoms with E-state index in [9.17, 15) is 0 Å². The lowest BCUT2D eigenvalue weighted by molar-refractivity contribution is 1.19. The van der Waals surface area contributed by atoms with E-state index in [2.05, 4.69) is 51.1 Å². The molecule has 0 heterocycles. The molecule has 0 spiro atoms. The fraction of sp³-hybridized carbons (Fsp3) is 0.375. The summed E-state index contributed by atoms with van der Waals surface area (Å²) < 4.78 is 0. The van der Waals surface area contributed by atoms with Crippen LogP contribution in [0.2, 0.25) is 0 Å². The van der Waals surface area contributed by atoms with E-state index in [-0.39, 0.29) is 0 Å². The average molecular weight is 214 g/mol. The summed E-state index contributed by atoms with van der Waals surface area (Å²) in [5.41, 5.74) is 7.26. The Morgan fingerprint density at radius 3 is 2.44 bits per heavy atom. The van der Waals surface area contributed by atoms with Gasteiger partial charge in [-0.15, -0.1) is 0 Å². The van der Waals surface area contributed by atoms with Crippen molar-refractivity contribution in [2.45, 2.75) is 41.0 Å². The molecule has 1 aromatic carbocycles. The van der Waals surface area contributed by atoms with Crippen LogP contribution in [0.15, 0.2) is 41.5 Å². The van der Waals surface area contributed by atoms with Gasteiger partial charge in [-0.05, 0) is 49.5 Å². The van der Waals surface area contributed by atoms with Crippen molar-refractivity contribution < 1.29 is 0 Å². The summed E-state index contributed by atoms with van der Waals surface area (Å²) in [5.74, 6) is 0. The van der Waals surface area contributed by atoms with Gasteiger partial charge in [-0.1, -0.05) is 49.8 Å². The fourth-order valence-corrected chi connectivity index (χ4v) is 2.22. The maximum absolute atomic E-state index is 2.24. The maximum atomic E-state index is 2.24. The second-order valence-corrected chi connectivity index (χ2v) is 3.96. The standard InChI is InChI=1S/C14H16.C2H6/c1-4-10(2)14-11(3)9-12-7-5-6-8-13(12)14;1-2/h4-8H,9H2,1-3H3;1-2H3/b10-4-;. The van der Waals surface area contributed by atoms with Crippen molar-refractivity contribution >= 4 is 5.57 Å². The smallest absolute Gasteiger partial charge is 0.00544 e. The van der Waals surface area contributed by atoms with E-state index in [1.165, 1.54) is 27.8 Å². The van der Waals surface area contributed by atoms with Gasteiger partial charge in [0.2, 0.25) is 0 Å². The average Bonchev–Trinajstić information content (AvgIpc) is 2.66. The van der Waals surface area contributed by atoms with Crippen molar-refractivity contribution in [3.63, 3.8) is 0 Å². The van der Waals surface area contributed by atoms with E-state index in [0.717, 1.165) is 6.42 Å². The molecular formula is C16H22. The van der Waals surface area contributed by atoms with Crippen LogP contribution in [0.5, 0.6) is 0 Å². The molecule has 1 aliphatic carbocycles. The fourth-order valence-electron chi connectivity index (χ4n) is 2.22. The molecule has 2 rings (SSSR count). The highest BCUT2D eigenvalue weighted by Gasteiger charge is 2.18. The van der Waals surface area contributed by atoms with Gasteiger partial charge in [0.25, 0.3) is 0 Å². The normalized spacial score (nSPS) is 14.4. The molecule has 86 valence electrons. The molecule has 1 aliphatic rings. The lowest BCUT2D eigenvalue weighted by Gasteiger charge is -2.06. The highest BCUT2D eigenvalue weighted by atomic mass is 14.2. The first-order valence-corrected chi connectivity index (χ1v) is 6.15. The summed E-state index contributed by atoms with van der Waals surface area (Å²) in [6.45, 7) is 10.5. The summed E-state index contributed by atoms with van der Waals surface area (Å²) in [5, 5.41) is 0. The number of hydrogen-bond donors (Lipinski definition) is 0. The van der Waals surface area contributed by atoms with Crippen molar-refractivity contribution in [2.75, 3.05) is 0 Å². The summed E-state index contributed by atoms with van der Waals surface area (Å²) in [6, 6.07) is 8.71. The summed E-state index contributed by atoms with van der Waals surface area (Å²) in [4.78, 5) is 0. The van der Waals surface area contributed by atoms with E-state index in [1.807, 2.05) is 13.8 Å². The van der Waals surface area contributed by atoms with E-state index in [0.29, 0.717) is 0 Å². The number of fused-ring (bicyclic) bond motifs is 1. The first-order valence-electron chi connectivity index (χ1n) is 6.15. The molecule has 16 heavy (non-hydrogen) atoms. The van der Waals surface area contributed by atoms with Gasteiger partial charge < -0.3 is 0 Å². The predicted octanol–water partition coefficient (Wildman–Crippen LogP) is 5.01. The van der Waals surface area contributed by atoms with E-state index in [1.54, 1.807) is 0 Å². The van der Waals surface area contributed by atoms with Crippen LogP contribution in [0.4, 0.5) is 0 Å². The molecule has 0 N–H and O–H groups in total. The molecule has 0 unspecified atom stereocenters. The third-order valence-electron chi connectivity index (χ3n) is 3.00. The Morgan fingerprint density at radius 2 is 1.81 bits per heavy atom. The van der Waals surface area contributed by atoms with Crippen LogP contribution < -0.4 is 0 Å². The Hall–Kier alpha value is -1.30. The molecule has 0 fully saturated rings.